The number of nitrogens with one attached hydrogen (secondary N) is 1. The van der Waals surface area contributed by atoms with Crippen LogP contribution in [0.3, 0.4) is 0 Å². The highest BCUT2D eigenvalue weighted by Gasteiger charge is 2.37. The number of para-hydroxylation sites is 1. The molecule has 134 valence electrons. The molecule has 0 bridgehead atoms. The minimum atomic E-state index is -0.762. The van der Waals surface area contributed by atoms with Gasteiger partial charge < -0.3 is 15.3 Å². The summed E-state index contributed by atoms with van der Waals surface area (Å²) in [4.78, 5) is 37.3. The van der Waals surface area contributed by atoms with Gasteiger partial charge in [-0.05, 0) is 37.8 Å². The van der Waals surface area contributed by atoms with Crippen molar-refractivity contribution in [1.29, 1.82) is 0 Å². The molecule has 1 aromatic carbocycles. The van der Waals surface area contributed by atoms with E-state index in [1.165, 1.54) is 0 Å². The Kier molecular flexibility index (Phi) is 5.27. The number of aliphatic carboxylic acids is 1. The number of hydrogen-bond acceptors (Lipinski definition) is 3. The van der Waals surface area contributed by atoms with E-state index < -0.39 is 11.9 Å². The number of carboxylic acid groups (broad SMARTS) is 1. The number of carbonyl (C=O) groups excluding carboxylic acids is 2. The number of rotatable bonds is 4. The van der Waals surface area contributed by atoms with Gasteiger partial charge in [-0.1, -0.05) is 23.7 Å². The van der Waals surface area contributed by atoms with Crippen molar-refractivity contribution in [1.82, 2.24) is 5.32 Å². The zero-order valence-corrected chi connectivity index (χ0v) is 14.5. The van der Waals surface area contributed by atoms with E-state index in [0.717, 1.165) is 0 Å². The number of carbonyl (C=O) groups is 3. The van der Waals surface area contributed by atoms with E-state index in [2.05, 4.69) is 5.32 Å². The first kappa shape index (κ1) is 17.7. The molecule has 1 saturated heterocycles. The Hall–Kier alpha value is -2.08. The summed E-state index contributed by atoms with van der Waals surface area (Å²) >= 11 is 6.15. The van der Waals surface area contributed by atoms with E-state index in [1.54, 1.807) is 23.1 Å². The molecule has 3 rings (SSSR count). The summed E-state index contributed by atoms with van der Waals surface area (Å²) in [5.74, 6) is -1.72. The van der Waals surface area contributed by atoms with Crippen molar-refractivity contribution < 1.29 is 19.5 Å². The second kappa shape index (κ2) is 7.44. The predicted octanol–water partition coefficient (Wildman–Crippen LogP) is 2.45. The van der Waals surface area contributed by atoms with Gasteiger partial charge in [0.2, 0.25) is 11.8 Å². The van der Waals surface area contributed by atoms with Crippen LogP contribution in [-0.2, 0) is 14.4 Å². The lowest BCUT2D eigenvalue weighted by Gasteiger charge is -2.27. The molecule has 2 aliphatic rings. The lowest BCUT2D eigenvalue weighted by Crippen LogP contribution is -2.42. The fourth-order valence-electron chi connectivity index (χ4n) is 3.59. The zero-order chi connectivity index (χ0) is 18.0. The maximum atomic E-state index is 12.5. The monoisotopic (exact) mass is 364 g/mol. The molecule has 1 aromatic rings. The van der Waals surface area contributed by atoms with Gasteiger partial charge in [0.25, 0.3) is 0 Å². The minimum absolute atomic E-state index is 0.00688. The van der Waals surface area contributed by atoms with Crippen molar-refractivity contribution in [3.05, 3.63) is 29.3 Å². The first-order chi connectivity index (χ1) is 12.0. The molecule has 1 atom stereocenters. The average molecular weight is 365 g/mol. The van der Waals surface area contributed by atoms with E-state index in [9.17, 15) is 14.4 Å². The Labute approximate surface area is 151 Å². The fourth-order valence-corrected chi connectivity index (χ4v) is 3.83. The molecular formula is C18H21ClN2O4. The molecule has 0 spiro atoms. The average Bonchev–Trinajstić information content (AvgIpc) is 2.97. The number of amides is 2. The maximum Gasteiger partial charge on any atom is 0.306 e. The van der Waals surface area contributed by atoms with Crippen LogP contribution >= 0.6 is 11.6 Å². The van der Waals surface area contributed by atoms with Crippen LogP contribution in [0.4, 0.5) is 5.69 Å². The summed E-state index contributed by atoms with van der Waals surface area (Å²) in [6.45, 7) is 0.318. The van der Waals surface area contributed by atoms with Crippen LogP contribution in [0.15, 0.2) is 24.3 Å². The number of anilines is 1. The summed E-state index contributed by atoms with van der Waals surface area (Å²) in [6, 6.07) is 7.09. The van der Waals surface area contributed by atoms with Gasteiger partial charge in [0, 0.05) is 19.0 Å². The highest BCUT2D eigenvalue weighted by Crippen LogP contribution is 2.31. The lowest BCUT2D eigenvalue weighted by molar-refractivity contribution is -0.142. The lowest BCUT2D eigenvalue weighted by atomic mass is 9.86. The molecule has 25 heavy (non-hydrogen) atoms. The number of hydrogen-bond donors (Lipinski definition) is 2. The molecule has 2 N–H and O–H groups in total. The highest BCUT2D eigenvalue weighted by atomic mass is 35.5. The van der Waals surface area contributed by atoms with Gasteiger partial charge in [0.1, 0.15) is 0 Å². The Morgan fingerprint density at radius 2 is 1.80 bits per heavy atom. The van der Waals surface area contributed by atoms with Crippen LogP contribution in [0.25, 0.3) is 0 Å². The third-order valence-electron chi connectivity index (χ3n) is 5.06. The maximum absolute atomic E-state index is 12.5. The highest BCUT2D eigenvalue weighted by molar-refractivity contribution is 6.33. The number of carboxylic acids is 1. The van der Waals surface area contributed by atoms with Gasteiger partial charge in [-0.3, -0.25) is 14.4 Å². The molecular weight excluding hydrogens is 344 g/mol. The summed E-state index contributed by atoms with van der Waals surface area (Å²) in [5.41, 5.74) is 0.631. The minimum Gasteiger partial charge on any atom is -0.481 e. The molecule has 0 aromatic heterocycles. The summed E-state index contributed by atoms with van der Waals surface area (Å²) < 4.78 is 0. The van der Waals surface area contributed by atoms with Crippen molar-refractivity contribution in [2.24, 2.45) is 11.8 Å². The fraction of sp³-hybridized carbons (Fsp3) is 0.500. The van der Waals surface area contributed by atoms with Crippen LogP contribution in [0.5, 0.6) is 0 Å². The molecule has 1 saturated carbocycles. The first-order valence-electron chi connectivity index (χ1n) is 8.53. The molecule has 1 aliphatic heterocycles. The smallest absolute Gasteiger partial charge is 0.306 e. The van der Waals surface area contributed by atoms with Gasteiger partial charge in [-0.2, -0.15) is 0 Å². The molecule has 2 fully saturated rings. The van der Waals surface area contributed by atoms with E-state index in [1.807, 2.05) is 6.07 Å². The van der Waals surface area contributed by atoms with Crippen molar-refractivity contribution in [3.63, 3.8) is 0 Å². The largest absolute Gasteiger partial charge is 0.481 e. The standard InChI is InChI=1S/C18H21ClN2O4/c19-14-3-1-2-4-15(14)21-10-12(9-16(21)22)17(23)20-13-7-5-11(6-8-13)18(24)25/h1-4,11-13H,5-10H2,(H,20,23)(H,24,25)/t11?,12-,13?/m1/s1. The number of halogens is 1. The van der Waals surface area contributed by atoms with Crippen molar-refractivity contribution >= 4 is 35.1 Å². The predicted molar refractivity (Wildman–Crippen MR) is 93.4 cm³/mol. The number of nitrogens with zero attached hydrogens (tertiary/aromatic N) is 1. The van der Waals surface area contributed by atoms with E-state index >= 15 is 0 Å². The second-order valence-electron chi connectivity index (χ2n) is 6.75. The first-order valence-corrected chi connectivity index (χ1v) is 8.91. The SMILES string of the molecule is O=C(O)C1CCC(NC(=O)[C@@H]2CC(=O)N(c3ccccc3Cl)C2)CC1. The molecule has 0 radical (unpaired) electrons. The second-order valence-corrected chi connectivity index (χ2v) is 7.16. The van der Waals surface area contributed by atoms with Crippen LogP contribution in [-0.4, -0.2) is 35.5 Å². The molecule has 2 amide bonds. The van der Waals surface area contributed by atoms with Crippen molar-refractivity contribution in [2.45, 2.75) is 38.1 Å². The van der Waals surface area contributed by atoms with Crippen LogP contribution in [0, 0.1) is 11.8 Å². The van der Waals surface area contributed by atoms with Gasteiger partial charge in [-0.15, -0.1) is 0 Å². The normalized spacial score (nSPS) is 26.5. The third-order valence-corrected chi connectivity index (χ3v) is 5.38. The topological polar surface area (TPSA) is 86.7 Å². The van der Waals surface area contributed by atoms with Gasteiger partial charge in [-0.25, -0.2) is 0 Å². The Bertz CT molecular complexity index is 685. The molecule has 7 heteroatoms. The Morgan fingerprint density at radius 3 is 2.44 bits per heavy atom. The summed E-state index contributed by atoms with van der Waals surface area (Å²) in [5, 5.41) is 12.5. The van der Waals surface area contributed by atoms with Crippen LogP contribution in [0.1, 0.15) is 32.1 Å². The van der Waals surface area contributed by atoms with Gasteiger partial charge in [0.05, 0.1) is 22.5 Å². The number of benzene rings is 1. The Morgan fingerprint density at radius 1 is 1.12 bits per heavy atom. The van der Waals surface area contributed by atoms with Gasteiger partial charge in [0.15, 0.2) is 0 Å². The molecule has 0 unspecified atom stereocenters. The zero-order valence-electron chi connectivity index (χ0n) is 13.8. The van der Waals surface area contributed by atoms with Crippen LogP contribution in [0.2, 0.25) is 5.02 Å². The summed E-state index contributed by atoms with van der Waals surface area (Å²) in [6.07, 6.45) is 2.65. The van der Waals surface area contributed by atoms with E-state index in [0.29, 0.717) is 42.9 Å². The third kappa shape index (κ3) is 3.95. The van der Waals surface area contributed by atoms with Crippen LogP contribution < -0.4 is 10.2 Å². The molecule has 1 heterocycles. The van der Waals surface area contributed by atoms with Crippen molar-refractivity contribution in [3.8, 4) is 0 Å². The summed E-state index contributed by atoms with van der Waals surface area (Å²) in [7, 11) is 0. The van der Waals surface area contributed by atoms with Crippen molar-refractivity contribution in [2.75, 3.05) is 11.4 Å². The molecule has 1 aliphatic carbocycles. The Balaban J connectivity index is 1.57. The quantitative estimate of drug-likeness (QED) is 0.859. The van der Waals surface area contributed by atoms with E-state index in [-0.39, 0.29) is 30.2 Å². The molecule has 6 nitrogen and oxygen atoms in total. The van der Waals surface area contributed by atoms with Gasteiger partial charge >= 0.3 is 5.97 Å². The van der Waals surface area contributed by atoms with E-state index in [4.69, 9.17) is 16.7 Å².